The average molecular weight is 396 g/mol. The molecule has 8 nitrogen and oxygen atoms in total. The van der Waals surface area contributed by atoms with E-state index in [0.29, 0.717) is 31.4 Å². The van der Waals surface area contributed by atoms with E-state index in [0.717, 1.165) is 5.56 Å². The van der Waals surface area contributed by atoms with Gasteiger partial charge in [-0.1, -0.05) is 12.0 Å². The lowest BCUT2D eigenvalue weighted by molar-refractivity contribution is -0.139. The van der Waals surface area contributed by atoms with Gasteiger partial charge in [-0.2, -0.15) is 0 Å². The fourth-order valence-electron chi connectivity index (χ4n) is 3.30. The SMILES string of the molecule is C#C/C=C(\C=N/C)CC(=O)N1CC(Oc2ccc3c(c2C(=O)O)OB(O)CC3)C1. The lowest BCUT2D eigenvalue weighted by atomic mass is 9.78. The van der Waals surface area contributed by atoms with Gasteiger partial charge in [0.05, 0.1) is 19.5 Å². The maximum absolute atomic E-state index is 12.3. The lowest BCUT2D eigenvalue weighted by Crippen LogP contribution is -2.56. The summed E-state index contributed by atoms with van der Waals surface area (Å²) in [6, 6.07) is 3.34. The molecule has 0 spiro atoms. The molecule has 0 bridgehead atoms. The van der Waals surface area contributed by atoms with Crippen LogP contribution in [-0.4, -0.2) is 66.5 Å². The normalized spacial score (nSPS) is 16.7. The number of hydrogen-bond acceptors (Lipinski definition) is 6. The van der Waals surface area contributed by atoms with E-state index in [-0.39, 0.29) is 35.5 Å². The molecule has 1 amide bonds. The molecule has 2 heterocycles. The first-order chi connectivity index (χ1) is 13.9. The minimum Gasteiger partial charge on any atom is -0.535 e. The molecule has 29 heavy (non-hydrogen) atoms. The molecule has 2 aliphatic heterocycles. The monoisotopic (exact) mass is 396 g/mol. The highest BCUT2D eigenvalue weighted by Crippen LogP contribution is 2.37. The van der Waals surface area contributed by atoms with Gasteiger partial charge >= 0.3 is 13.1 Å². The van der Waals surface area contributed by atoms with Crippen LogP contribution >= 0.6 is 0 Å². The van der Waals surface area contributed by atoms with Crippen LogP contribution in [0.5, 0.6) is 11.5 Å². The van der Waals surface area contributed by atoms with E-state index in [4.69, 9.17) is 15.8 Å². The van der Waals surface area contributed by atoms with Gasteiger partial charge < -0.3 is 24.4 Å². The second-order valence-corrected chi connectivity index (χ2v) is 6.83. The van der Waals surface area contributed by atoms with Gasteiger partial charge in [-0.15, -0.1) is 6.42 Å². The zero-order chi connectivity index (χ0) is 21.0. The Bertz CT molecular complexity index is 914. The molecule has 0 aliphatic carbocycles. The van der Waals surface area contributed by atoms with Crippen molar-refractivity contribution in [1.82, 2.24) is 4.90 Å². The number of aryl methyl sites for hydroxylation is 1. The van der Waals surface area contributed by atoms with Crippen molar-refractivity contribution in [3.8, 4) is 23.8 Å². The number of hydrogen-bond donors (Lipinski definition) is 2. The van der Waals surface area contributed by atoms with Gasteiger partial charge in [-0.05, 0) is 36.0 Å². The van der Waals surface area contributed by atoms with Gasteiger partial charge in [-0.3, -0.25) is 9.79 Å². The third-order valence-corrected chi connectivity index (χ3v) is 4.74. The largest absolute Gasteiger partial charge is 0.535 e. The Morgan fingerprint density at radius 3 is 2.90 bits per heavy atom. The van der Waals surface area contributed by atoms with Crippen LogP contribution in [0.15, 0.2) is 28.8 Å². The highest BCUT2D eigenvalue weighted by atomic mass is 16.5. The van der Waals surface area contributed by atoms with Crippen molar-refractivity contribution in [1.29, 1.82) is 0 Å². The quantitative estimate of drug-likeness (QED) is 0.423. The number of aromatic carboxylic acids is 1. The Labute approximate surface area is 169 Å². The Morgan fingerprint density at radius 1 is 1.48 bits per heavy atom. The number of carboxylic acids is 1. The maximum atomic E-state index is 12.3. The highest BCUT2D eigenvalue weighted by Gasteiger charge is 2.35. The number of likely N-dealkylation sites (tertiary alicyclic amines) is 1. The van der Waals surface area contributed by atoms with Gasteiger partial charge in [0.1, 0.15) is 23.2 Å². The van der Waals surface area contributed by atoms with Crippen molar-refractivity contribution in [3.05, 3.63) is 34.9 Å². The molecule has 0 saturated carbocycles. The topological polar surface area (TPSA) is 109 Å². The second kappa shape index (κ2) is 8.84. The van der Waals surface area contributed by atoms with Crippen molar-refractivity contribution in [2.45, 2.75) is 25.3 Å². The standard InChI is InChI=1S/C20H21BN2O6/c1-3-4-13(10-22-2)9-17(24)23-11-15(12-23)28-16-6-5-14-7-8-21(27)29-19(14)18(16)20(25)26/h1,4-6,10,15,27H,7-9,11-12H2,2H3,(H,25,26)/b13-4-,22-10-. The number of amides is 1. The number of fused-ring (bicyclic) bond motifs is 1. The van der Waals surface area contributed by atoms with Crippen LogP contribution in [0, 0.1) is 12.3 Å². The third kappa shape index (κ3) is 4.61. The van der Waals surface area contributed by atoms with E-state index in [9.17, 15) is 19.7 Å². The van der Waals surface area contributed by atoms with Crippen LogP contribution in [0.3, 0.4) is 0 Å². The molecule has 0 atom stereocenters. The molecule has 0 radical (unpaired) electrons. The number of carbonyl (C=O) groups excluding carboxylic acids is 1. The Kier molecular flexibility index (Phi) is 6.24. The number of carboxylic acid groups (broad SMARTS) is 1. The number of allylic oxidation sites excluding steroid dienone is 1. The average Bonchev–Trinajstić information content (AvgIpc) is 2.63. The number of aliphatic imine (C=N–C) groups is 1. The Morgan fingerprint density at radius 2 is 2.24 bits per heavy atom. The summed E-state index contributed by atoms with van der Waals surface area (Å²) < 4.78 is 11.2. The smallest absolute Gasteiger partial charge is 0.522 e. The zero-order valence-corrected chi connectivity index (χ0v) is 16.0. The highest BCUT2D eigenvalue weighted by molar-refractivity contribution is 6.44. The van der Waals surface area contributed by atoms with Gasteiger partial charge in [0, 0.05) is 13.3 Å². The van der Waals surface area contributed by atoms with Crippen molar-refractivity contribution in [2.24, 2.45) is 4.99 Å². The van der Waals surface area contributed by atoms with Crippen molar-refractivity contribution in [3.63, 3.8) is 0 Å². The Balaban J connectivity index is 1.65. The molecule has 0 unspecified atom stereocenters. The molecule has 1 saturated heterocycles. The van der Waals surface area contributed by atoms with Crippen LogP contribution in [0.4, 0.5) is 0 Å². The predicted octanol–water partition coefficient (Wildman–Crippen LogP) is 1.04. The molecular formula is C20H21BN2O6. The molecule has 1 aromatic rings. The van der Waals surface area contributed by atoms with Crippen LogP contribution in [-0.2, 0) is 11.2 Å². The second-order valence-electron chi connectivity index (χ2n) is 6.83. The van der Waals surface area contributed by atoms with E-state index in [1.165, 1.54) is 6.08 Å². The van der Waals surface area contributed by atoms with Crippen molar-refractivity contribution >= 4 is 25.2 Å². The summed E-state index contributed by atoms with van der Waals surface area (Å²) in [6.45, 7) is 0.677. The number of rotatable bonds is 6. The fraction of sp³-hybridized carbons (Fsp3) is 0.350. The summed E-state index contributed by atoms with van der Waals surface area (Å²) >= 11 is 0. The molecule has 2 N–H and O–H groups in total. The first kappa shape index (κ1) is 20.5. The maximum Gasteiger partial charge on any atom is 0.522 e. The summed E-state index contributed by atoms with van der Waals surface area (Å²) in [7, 11) is 0.563. The van der Waals surface area contributed by atoms with Gasteiger partial charge in [0.15, 0.2) is 0 Å². The summed E-state index contributed by atoms with van der Waals surface area (Å²) in [4.78, 5) is 29.6. The van der Waals surface area contributed by atoms with Crippen molar-refractivity contribution in [2.75, 3.05) is 20.1 Å². The van der Waals surface area contributed by atoms with E-state index in [1.807, 2.05) is 0 Å². The molecule has 3 rings (SSSR count). The number of carbonyl (C=O) groups is 2. The first-order valence-electron chi connectivity index (χ1n) is 9.18. The minimum absolute atomic E-state index is 0.107. The third-order valence-electron chi connectivity index (χ3n) is 4.74. The molecule has 2 aliphatic rings. The minimum atomic E-state index is -1.19. The van der Waals surface area contributed by atoms with Gasteiger partial charge in [-0.25, -0.2) is 4.79 Å². The summed E-state index contributed by atoms with van der Waals surface area (Å²) in [5.74, 6) is 1.39. The molecule has 9 heteroatoms. The van der Waals surface area contributed by atoms with Crippen molar-refractivity contribution < 1.29 is 29.1 Å². The van der Waals surface area contributed by atoms with Crippen LogP contribution in [0.2, 0.25) is 6.32 Å². The summed E-state index contributed by atoms with van der Waals surface area (Å²) in [5, 5.41) is 19.3. The lowest BCUT2D eigenvalue weighted by Gasteiger charge is -2.39. The predicted molar refractivity (Wildman–Crippen MR) is 107 cm³/mol. The summed E-state index contributed by atoms with van der Waals surface area (Å²) in [6.07, 6.45) is 9.04. The van der Waals surface area contributed by atoms with E-state index in [1.54, 1.807) is 30.3 Å². The molecule has 1 fully saturated rings. The van der Waals surface area contributed by atoms with Crippen LogP contribution in [0.1, 0.15) is 22.3 Å². The van der Waals surface area contributed by atoms with Crippen LogP contribution < -0.4 is 9.39 Å². The number of nitrogens with zero attached hydrogens (tertiary/aromatic N) is 2. The molecule has 150 valence electrons. The fourth-order valence-corrected chi connectivity index (χ4v) is 3.30. The van der Waals surface area contributed by atoms with Gasteiger partial charge in [0.2, 0.25) is 5.91 Å². The summed E-state index contributed by atoms with van der Waals surface area (Å²) in [5.41, 5.74) is 1.25. The van der Waals surface area contributed by atoms with Crippen LogP contribution in [0.25, 0.3) is 0 Å². The number of benzene rings is 1. The Hall–Kier alpha value is -3.25. The van der Waals surface area contributed by atoms with E-state index in [2.05, 4.69) is 10.9 Å². The molecule has 0 aromatic heterocycles. The number of ether oxygens (including phenoxy) is 1. The van der Waals surface area contributed by atoms with E-state index < -0.39 is 13.1 Å². The molecular weight excluding hydrogens is 375 g/mol. The first-order valence-corrected chi connectivity index (χ1v) is 9.18. The van der Waals surface area contributed by atoms with E-state index >= 15 is 0 Å². The van der Waals surface area contributed by atoms with Gasteiger partial charge in [0.25, 0.3) is 0 Å². The zero-order valence-electron chi connectivity index (χ0n) is 16.0. The number of terminal acetylenes is 1. The molecule has 1 aromatic carbocycles.